The van der Waals surface area contributed by atoms with E-state index in [0.717, 1.165) is 27.3 Å². The van der Waals surface area contributed by atoms with Crippen LogP contribution in [0.2, 0.25) is 0 Å². The molecule has 2 unspecified atom stereocenters. The van der Waals surface area contributed by atoms with Gasteiger partial charge in [0.2, 0.25) is 0 Å². The predicted molar refractivity (Wildman–Crippen MR) is 92.0 cm³/mol. The number of hydrogen-bond acceptors (Lipinski definition) is 5. The summed E-state index contributed by atoms with van der Waals surface area (Å²) in [5.74, 6) is 1.55. The van der Waals surface area contributed by atoms with Crippen molar-refractivity contribution in [3.63, 3.8) is 0 Å². The second kappa shape index (κ2) is 6.08. The van der Waals surface area contributed by atoms with Gasteiger partial charge >= 0.3 is 0 Å². The second-order valence-corrected chi connectivity index (χ2v) is 6.92. The number of nitrogens with one attached hydrogen (secondary N) is 1. The van der Waals surface area contributed by atoms with Crippen molar-refractivity contribution in [2.24, 2.45) is 0 Å². The minimum Gasteiger partial charge on any atom is -0.352 e. The van der Waals surface area contributed by atoms with Gasteiger partial charge in [0.05, 0.1) is 17.6 Å². The summed E-state index contributed by atoms with van der Waals surface area (Å²) in [7, 11) is 1.04. The first-order valence-electron chi connectivity index (χ1n) is 7.31. The second-order valence-electron chi connectivity index (χ2n) is 5.54. The molecule has 0 aliphatic heterocycles. The van der Waals surface area contributed by atoms with E-state index in [2.05, 4.69) is 32.0 Å². The topological polar surface area (TPSA) is 74.8 Å². The predicted octanol–water partition coefficient (Wildman–Crippen LogP) is 2.60. The maximum absolute atomic E-state index is 11.5. The quantitative estimate of drug-likeness (QED) is 0.796. The van der Waals surface area contributed by atoms with Gasteiger partial charge in [-0.3, -0.25) is 9.31 Å². The van der Waals surface area contributed by atoms with Gasteiger partial charge in [-0.25, -0.2) is 9.97 Å². The summed E-state index contributed by atoms with van der Waals surface area (Å²) in [6.07, 6.45) is 3.43. The number of aromatic nitrogens is 4. The number of aryl methyl sites for hydroxylation is 1. The van der Waals surface area contributed by atoms with Gasteiger partial charge in [-0.1, -0.05) is 12.1 Å². The van der Waals surface area contributed by atoms with E-state index in [1.165, 1.54) is 0 Å². The number of fused-ring (bicyclic) bond motifs is 1. The summed E-state index contributed by atoms with van der Waals surface area (Å²) < 4.78 is 11.5. The highest BCUT2D eigenvalue weighted by Crippen LogP contribution is 2.29. The van der Waals surface area contributed by atoms with Crippen molar-refractivity contribution in [1.82, 2.24) is 20.2 Å². The molecule has 2 aromatic heterocycles. The minimum absolute atomic E-state index is 0.113. The van der Waals surface area contributed by atoms with E-state index in [0.29, 0.717) is 5.82 Å². The third kappa shape index (κ3) is 2.96. The molecule has 0 spiro atoms. The van der Waals surface area contributed by atoms with Crippen LogP contribution >= 0.6 is 0 Å². The van der Waals surface area contributed by atoms with Crippen LogP contribution in [0.4, 0.5) is 5.82 Å². The minimum atomic E-state index is -0.960. The van der Waals surface area contributed by atoms with Gasteiger partial charge in [-0.15, -0.1) is 0 Å². The smallest absolute Gasteiger partial charge is 0.161 e. The Morgan fingerprint density at radius 3 is 2.57 bits per heavy atom. The summed E-state index contributed by atoms with van der Waals surface area (Å²) >= 11 is 0. The molecule has 0 amide bonds. The Kier molecular flexibility index (Phi) is 4.12. The number of aromatic amines is 1. The molecule has 7 heteroatoms. The molecule has 120 valence electrons. The highest BCUT2D eigenvalue weighted by Gasteiger charge is 2.18. The summed E-state index contributed by atoms with van der Waals surface area (Å²) in [6, 6.07) is 7.96. The monoisotopic (exact) mass is 329 g/mol. The molecule has 23 heavy (non-hydrogen) atoms. The van der Waals surface area contributed by atoms with Gasteiger partial charge in [0, 0.05) is 29.0 Å². The first-order chi connectivity index (χ1) is 11.0. The summed E-state index contributed by atoms with van der Waals surface area (Å²) in [5.41, 5.74) is 1.87. The third-order valence-electron chi connectivity index (χ3n) is 4.01. The van der Waals surface area contributed by atoms with Crippen LogP contribution in [0.15, 0.2) is 35.4 Å². The van der Waals surface area contributed by atoms with Crippen molar-refractivity contribution >= 4 is 27.7 Å². The molecule has 6 nitrogen and oxygen atoms in total. The Bertz CT molecular complexity index is 859. The van der Waals surface area contributed by atoms with E-state index in [1.54, 1.807) is 12.5 Å². The van der Waals surface area contributed by atoms with Gasteiger partial charge in [0.25, 0.3) is 0 Å². The van der Waals surface area contributed by atoms with E-state index >= 15 is 0 Å². The van der Waals surface area contributed by atoms with Gasteiger partial charge in [0.15, 0.2) is 5.65 Å². The van der Waals surface area contributed by atoms with E-state index in [9.17, 15) is 4.21 Å². The molecule has 0 fully saturated rings. The van der Waals surface area contributed by atoms with Crippen LogP contribution in [0.3, 0.4) is 0 Å². The molecule has 0 aliphatic carbocycles. The molecule has 2 heterocycles. The average Bonchev–Trinajstić information content (AvgIpc) is 3.01. The molecule has 0 bridgehead atoms. The normalized spacial score (nSPS) is 13.9. The standard InChI is InChI=1S/C16H19N5OS/c1-10(12-5-7-13(8-6-12)23(4)22)21(3)16-14-9-17-20-15(14)18-11(2)19-16/h5-10H,1-4H3,(H,17,18,19,20). The first kappa shape index (κ1) is 15.6. The van der Waals surface area contributed by atoms with E-state index < -0.39 is 10.8 Å². The highest BCUT2D eigenvalue weighted by molar-refractivity contribution is 7.84. The molecule has 0 radical (unpaired) electrons. The molecule has 1 aromatic carbocycles. The van der Waals surface area contributed by atoms with Crippen LogP contribution in [0.5, 0.6) is 0 Å². The first-order valence-corrected chi connectivity index (χ1v) is 8.87. The van der Waals surface area contributed by atoms with Crippen LogP contribution in [0.25, 0.3) is 11.0 Å². The lowest BCUT2D eigenvalue weighted by Gasteiger charge is -2.27. The lowest BCUT2D eigenvalue weighted by atomic mass is 10.1. The SMILES string of the molecule is Cc1nc(N(C)C(C)c2ccc(S(C)=O)cc2)c2cn[nH]c2n1. The maximum atomic E-state index is 11.5. The Morgan fingerprint density at radius 1 is 1.22 bits per heavy atom. The number of rotatable bonds is 4. The van der Waals surface area contributed by atoms with Crippen LogP contribution in [0, 0.1) is 6.92 Å². The molecule has 0 saturated heterocycles. The van der Waals surface area contributed by atoms with Gasteiger partial charge in [-0.05, 0) is 31.5 Å². The van der Waals surface area contributed by atoms with E-state index in [-0.39, 0.29) is 6.04 Å². The fraction of sp³-hybridized carbons (Fsp3) is 0.312. The summed E-state index contributed by atoms with van der Waals surface area (Å²) in [4.78, 5) is 11.9. The van der Waals surface area contributed by atoms with Crippen molar-refractivity contribution in [2.75, 3.05) is 18.2 Å². The summed E-state index contributed by atoms with van der Waals surface area (Å²) in [6.45, 7) is 3.98. The zero-order valence-corrected chi connectivity index (χ0v) is 14.4. The molecule has 3 rings (SSSR count). The maximum Gasteiger partial charge on any atom is 0.161 e. The highest BCUT2D eigenvalue weighted by atomic mass is 32.2. The van der Waals surface area contributed by atoms with Gasteiger partial charge in [-0.2, -0.15) is 5.10 Å². The fourth-order valence-electron chi connectivity index (χ4n) is 2.54. The number of H-pyrrole nitrogens is 1. The van der Waals surface area contributed by atoms with Gasteiger partial charge < -0.3 is 4.90 Å². The van der Waals surface area contributed by atoms with E-state index in [1.807, 2.05) is 38.2 Å². The molecular formula is C16H19N5OS. The number of hydrogen-bond donors (Lipinski definition) is 1. The van der Waals surface area contributed by atoms with Crippen molar-refractivity contribution in [1.29, 1.82) is 0 Å². The molecule has 0 aliphatic rings. The van der Waals surface area contributed by atoms with Crippen LogP contribution in [-0.4, -0.2) is 37.7 Å². The van der Waals surface area contributed by atoms with Crippen molar-refractivity contribution in [2.45, 2.75) is 24.8 Å². The lowest BCUT2D eigenvalue weighted by Crippen LogP contribution is -2.23. The Hall–Kier alpha value is -2.28. The van der Waals surface area contributed by atoms with Crippen LogP contribution in [-0.2, 0) is 10.8 Å². The number of benzene rings is 1. The molecule has 2 atom stereocenters. The fourth-order valence-corrected chi connectivity index (χ4v) is 3.06. The Morgan fingerprint density at radius 2 is 1.91 bits per heavy atom. The number of anilines is 1. The van der Waals surface area contributed by atoms with Crippen LogP contribution in [0.1, 0.15) is 24.4 Å². The van der Waals surface area contributed by atoms with Gasteiger partial charge in [0.1, 0.15) is 11.6 Å². The Labute approximate surface area is 137 Å². The molecule has 0 saturated carbocycles. The lowest BCUT2D eigenvalue weighted by molar-refractivity contribution is 0.686. The average molecular weight is 329 g/mol. The zero-order valence-electron chi connectivity index (χ0n) is 13.6. The van der Waals surface area contributed by atoms with Crippen molar-refractivity contribution in [3.8, 4) is 0 Å². The van der Waals surface area contributed by atoms with Crippen LogP contribution < -0.4 is 4.90 Å². The van der Waals surface area contributed by atoms with Crippen molar-refractivity contribution in [3.05, 3.63) is 41.9 Å². The number of nitrogens with zero attached hydrogens (tertiary/aromatic N) is 4. The zero-order chi connectivity index (χ0) is 16.6. The molecule has 1 N–H and O–H groups in total. The van der Waals surface area contributed by atoms with E-state index in [4.69, 9.17) is 0 Å². The third-order valence-corrected chi connectivity index (χ3v) is 4.95. The molecule has 3 aromatic rings. The summed E-state index contributed by atoms with van der Waals surface area (Å²) in [5, 5.41) is 7.85. The Balaban J connectivity index is 1.96. The molecular weight excluding hydrogens is 310 g/mol. The van der Waals surface area contributed by atoms with Crippen molar-refractivity contribution < 1.29 is 4.21 Å². The largest absolute Gasteiger partial charge is 0.352 e.